The highest BCUT2D eigenvalue weighted by atomic mass is 79.9. The summed E-state index contributed by atoms with van der Waals surface area (Å²) in [6, 6.07) is 13.2. The van der Waals surface area contributed by atoms with Crippen LogP contribution in [0, 0.1) is 0 Å². The van der Waals surface area contributed by atoms with Crippen LogP contribution in [-0.4, -0.2) is 46.7 Å². The Morgan fingerprint density at radius 2 is 2.00 bits per heavy atom. The highest BCUT2D eigenvalue weighted by Crippen LogP contribution is 2.25. The summed E-state index contributed by atoms with van der Waals surface area (Å²) >= 11 is 3.34. The summed E-state index contributed by atoms with van der Waals surface area (Å²) in [6.45, 7) is -0.183. The van der Waals surface area contributed by atoms with Gasteiger partial charge in [-0.1, -0.05) is 30.3 Å². The van der Waals surface area contributed by atoms with Gasteiger partial charge in [0.1, 0.15) is 18.4 Å². The second kappa shape index (κ2) is 12.9. The second-order valence-corrected chi connectivity index (χ2v) is 8.07. The van der Waals surface area contributed by atoms with Gasteiger partial charge in [-0.3, -0.25) is 9.59 Å². The second-order valence-electron chi connectivity index (χ2n) is 7.22. The molecule has 0 aliphatic carbocycles. The first kappa shape index (κ1) is 25.4. The quantitative estimate of drug-likeness (QED) is 0.214. The SMILES string of the molecule is NC(=O)COc1ccc(/C=N\NC(=O)[C@H](Cc2cnc[nH]2)NC(=O)OCc2ccccc2)cc1Br. The molecule has 1 atom stereocenters. The minimum Gasteiger partial charge on any atom is -0.483 e. The molecule has 5 N–H and O–H groups in total. The van der Waals surface area contributed by atoms with E-state index in [2.05, 4.69) is 41.7 Å². The smallest absolute Gasteiger partial charge is 0.408 e. The van der Waals surface area contributed by atoms with Crippen molar-refractivity contribution in [3.63, 3.8) is 0 Å². The summed E-state index contributed by atoms with van der Waals surface area (Å²) in [5, 5.41) is 6.52. The van der Waals surface area contributed by atoms with E-state index < -0.39 is 23.9 Å². The maximum absolute atomic E-state index is 12.7. The third-order valence-electron chi connectivity index (χ3n) is 4.51. The van der Waals surface area contributed by atoms with Gasteiger partial charge in [0.25, 0.3) is 11.8 Å². The molecule has 3 aromatic rings. The number of nitrogens with two attached hydrogens (primary N) is 1. The van der Waals surface area contributed by atoms with Crippen LogP contribution in [0.1, 0.15) is 16.8 Å². The zero-order valence-electron chi connectivity index (χ0n) is 18.4. The summed E-state index contributed by atoms with van der Waals surface area (Å²) in [6.07, 6.45) is 3.86. The van der Waals surface area contributed by atoms with Crippen molar-refractivity contribution in [3.05, 3.63) is 82.3 Å². The number of hydrogen-bond acceptors (Lipinski definition) is 7. The van der Waals surface area contributed by atoms with Gasteiger partial charge in [-0.25, -0.2) is 15.2 Å². The minimum atomic E-state index is -0.966. The van der Waals surface area contributed by atoms with E-state index >= 15 is 0 Å². The number of H-pyrrole nitrogens is 1. The number of carbonyl (C=O) groups excluding carboxylic acids is 3. The third-order valence-corrected chi connectivity index (χ3v) is 5.13. The highest BCUT2D eigenvalue weighted by molar-refractivity contribution is 9.10. The Morgan fingerprint density at radius 3 is 2.69 bits per heavy atom. The first-order valence-corrected chi connectivity index (χ1v) is 11.2. The van der Waals surface area contributed by atoms with Gasteiger partial charge < -0.3 is 25.5 Å². The van der Waals surface area contributed by atoms with Crippen LogP contribution in [-0.2, 0) is 27.4 Å². The lowest BCUT2D eigenvalue weighted by Gasteiger charge is -2.16. The van der Waals surface area contributed by atoms with Crippen molar-refractivity contribution < 1.29 is 23.9 Å². The van der Waals surface area contributed by atoms with Gasteiger partial charge in [0, 0.05) is 18.3 Å². The molecule has 0 radical (unpaired) electrons. The van der Waals surface area contributed by atoms with Crippen molar-refractivity contribution in [1.82, 2.24) is 20.7 Å². The van der Waals surface area contributed by atoms with E-state index in [0.29, 0.717) is 21.5 Å². The molecule has 2 aromatic carbocycles. The Labute approximate surface area is 209 Å². The number of primary amides is 1. The Kier molecular flexibility index (Phi) is 9.37. The molecule has 182 valence electrons. The molecule has 0 unspecified atom stereocenters. The fourth-order valence-electron chi connectivity index (χ4n) is 2.84. The number of ether oxygens (including phenoxy) is 2. The molecule has 1 aromatic heterocycles. The maximum atomic E-state index is 12.7. The topological polar surface area (TPSA) is 161 Å². The summed E-state index contributed by atoms with van der Waals surface area (Å²) in [5.41, 5.74) is 9.60. The molecule has 0 fully saturated rings. The number of hydrogen-bond donors (Lipinski definition) is 4. The number of imidazole rings is 1. The van der Waals surface area contributed by atoms with Crippen LogP contribution < -0.4 is 21.2 Å². The number of aromatic nitrogens is 2. The van der Waals surface area contributed by atoms with Gasteiger partial charge in [0.2, 0.25) is 0 Å². The number of rotatable bonds is 11. The van der Waals surface area contributed by atoms with Crippen LogP contribution in [0.25, 0.3) is 0 Å². The normalized spacial score (nSPS) is 11.6. The Bertz CT molecular complexity index is 1170. The van der Waals surface area contributed by atoms with Crippen molar-refractivity contribution in [2.24, 2.45) is 10.8 Å². The first-order chi connectivity index (χ1) is 16.9. The van der Waals surface area contributed by atoms with Gasteiger partial charge in [0.15, 0.2) is 6.61 Å². The summed E-state index contributed by atoms with van der Waals surface area (Å²) < 4.78 is 11.1. The summed E-state index contributed by atoms with van der Waals surface area (Å²) in [7, 11) is 0. The lowest BCUT2D eigenvalue weighted by Crippen LogP contribution is -2.47. The number of hydrazone groups is 1. The standard InChI is InChI=1S/C23H23BrN6O5/c24-18-8-16(6-7-20(18)34-13-21(25)31)10-28-30-22(32)19(9-17-11-26-14-27-17)29-23(33)35-12-15-4-2-1-3-5-15/h1-8,10-11,14,19H,9,12-13H2,(H2,25,31)(H,26,27)(H,29,33)(H,30,32)/b28-10-/t19-/m0/s1. The van der Waals surface area contributed by atoms with Gasteiger partial charge in [-0.05, 0) is 45.3 Å². The van der Waals surface area contributed by atoms with Gasteiger partial charge in [-0.15, -0.1) is 0 Å². The number of benzene rings is 2. The largest absolute Gasteiger partial charge is 0.483 e. The lowest BCUT2D eigenvalue weighted by atomic mass is 10.1. The van der Waals surface area contributed by atoms with E-state index in [1.807, 2.05) is 30.3 Å². The third kappa shape index (κ3) is 8.59. The van der Waals surface area contributed by atoms with E-state index in [4.69, 9.17) is 15.2 Å². The zero-order chi connectivity index (χ0) is 25.0. The van der Waals surface area contributed by atoms with Gasteiger partial charge >= 0.3 is 6.09 Å². The van der Waals surface area contributed by atoms with Crippen LogP contribution in [0.4, 0.5) is 4.79 Å². The monoisotopic (exact) mass is 542 g/mol. The molecule has 0 bridgehead atoms. The molecule has 35 heavy (non-hydrogen) atoms. The van der Waals surface area contributed by atoms with Crippen molar-refractivity contribution in [2.75, 3.05) is 6.61 Å². The predicted molar refractivity (Wildman–Crippen MR) is 130 cm³/mol. The molecule has 11 nitrogen and oxygen atoms in total. The molecule has 1 heterocycles. The fourth-order valence-corrected chi connectivity index (χ4v) is 3.36. The molecular weight excluding hydrogens is 520 g/mol. The Hall–Kier alpha value is -4.19. The highest BCUT2D eigenvalue weighted by Gasteiger charge is 2.22. The number of halogens is 1. The van der Waals surface area contributed by atoms with Crippen LogP contribution in [0.3, 0.4) is 0 Å². The summed E-state index contributed by atoms with van der Waals surface area (Å²) in [5.74, 6) is -0.705. The molecule has 0 aliphatic heterocycles. The number of amides is 3. The lowest BCUT2D eigenvalue weighted by molar-refractivity contribution is -0.123. The van der Waals surface area contributed by atoms with E-state index in [9.17, 15) is 14.4 Å². The van der Waals surface area contributed by atoms with E-state index in [-0.39, 0.29) is 19.6 Å². The van der Waals surface area contributed by atoms with Crippen molar-refractivity contribution in [2.45, 2.75) is 19.1 Å². The molecule has 0 saturated heterocycles. The molecule has 3 rings (SSSR count). The zero-order valence-corrected chi connectivity index (χ0v) is 20.0. The van der Waals surface area contributed by atoms with Crippen molar-refractivity contribution in [1.29, 1.82) is 0 Å². The van der Waals surface area contributed by atoms with Crippen LogP contribution >= 0.6 is 15.9 Å². The molecular formula is C23H23BrN6O5. The number of nitrogens with zero attached hydrogens (tertiary/aromatic N) is 2. The molecule has 0 aliphatic rings. The maximum Gasteiger partial charge on any atom is 0.408 e. The number of aromatic amines is 1. The summed E-state index contributed by atoms with van der Waals surface area (Å²) in [4.78, 5) is 42.7. The average molecular weight is 543 g/mol. The molecule has 12 heteroatoms. The number of nitrogens with one attached hydrogen (secondary N) is 3. The Balaban J connectivity index is 1.58. The average Bonchev–Trinajstić information content (AvgIpc) is 3.35. The van der Waals surface area contributed by atoms with Gasteiger partial charge in [-0.2, -0.15) is 5.10 Å². The number of carbonyl (C=O) groups is 3. The Morgan fingerprint density at radius 1 is 1.20 bits per heavy atom. The van der Waals surface area contributed by atoms with Crippen LogP contribution in [0.15, 0.2) is 70.6 Å². The van der Waals surface area contributed by atoms with E-state index in [1.165, 1.54) is 12.5 Å². The van der Waals surface area contributed by atoms with Crippen molar-refractivity contribution in [3.8, 4) is 5.75 Å². The van der Waals surface area contributed by atoms with E-state index in [1.54, 1.807) is 24.4 Å². The fraction of sp³-hybridized carbons (Fsp3) is 0.174. The van der Waals surface area contributed by atoms with E-state index in [0.717, 1.165) is 5.56 Å². The molecule has 3 amide bonds. The van der Waals surface area contributed by atoms with Crippen LogP contribution in [0.2, 0.25) is 0 Å². The van der Waals surface area contributed by atoms with Gasteiger partial charge in [0.05, 0.1) is 17.0 Å². The molecule has 0 saturated carbocycles. The minimum absolute atomic E-state index is 0.0667. The van der Waals surface area contributed by atoms with Crippen molar-refractivity contribution >= 4 is 40.1 Å². The molecule has 0 spiro atoms. The number of alkyl carbamates (subject to hydrolysis) is 1. The first-order valence-electron chi connectivity index (χ1n) is 10.4. The van der Waals surface area contributed by atoms with Crippen LogP contribution in [0.5, 0.6) is 5.75 Å². The predicted octanol–water partition coefficient (Wildman–Crippen LogP) is 2.02.